The van der Waals surface area contributed by atoms with Crippen LogP contribution < -0.4 is 0 Å². The minimum absolute atomic E-state index is 0.517. The molecule has 0 aliphatic heterocycles. The minimum atomic E-state index is 0.517. The SMILES string of the molecule is C=S.Cc1ccc(C(C)C)c(Cl)c1. The third-order valence-electron chi connectivity index (χ3n) is 1.78. The van der Waals surface area contributed by atoms with Crippen LogP contribution in [0.5, 0.6) is 0 Å². The van der Waals surface area contributed by atoms with Gasteiger partial charge in [-0.15, -0.1) is 0 Å². The molecule has 1 aromatic rings. The molecule has 0 unspecified atom stereocenters. The first-order valence-electron chi connectivity index (χ1n) is 4.16. The summed E-state index contributed by atoms with van der Waals surface area (Å²) in [5.74, 6) is 3.35. The zero-order chi connectivity index (χ0) is 10.4. The van der Waals surface area contributed by atoms with Gasteiger partial charge in [-0.25, -0.2) is 0 Å². The maximum Gasteiger partial charge on any atom is 0.0443 e. The normalized spacial score (nSPS) is 9.31. The molecule has 0 nitrogen and oxygen atoms in total. The van der Waals surface area contributed by atoms with E-state index in [1.54, 1.807) is 0 Å². The largest absolute Gasteiger partial charge is 0.0973 e. The van der Waals surface area contributed by atoms with Crippen molar-refractivity contribution in [2.24, 2.45) is 0 Å². The first kappa shape index (κ1) is 12.6. The Morgan fingerprint density at radius 2 is 1.85 bits per heavy atom. The molecule has 0 aliphatic rings. The first-order chi connectivity index (χ1) is 6.11. The summed E-state index contributed by atoms with van der Waals surface area (Å²) in [5, 5.41) is 0.889. The highest BCUT2D eigenvalue weighted by atomic mass is 35.5. The highest BCUT2D eigenvalue weighted by Gasteiger charge is 2.03. The molecule has 0 spiro atoms. The van der Waals surface area contributed by atoms with Crippen LogP contribution in [0.1, 0.15) is 30.9 Å². The van der Waals surface area contributed by atoms with Crippen molar-refractivity contribution >= 4 is 29.7 Å². The molecule has 0 atom stereocenters. The van der Waals surface area contributed by atoms with Crippen molar-refractivity contribution in [1.29, 1.82) is 0 Å². The second-order valence-corrected chi connectivity index (χ2v) is 3.59. The van der Waals surface area contributed by atoms with E-state index in [0.29, 0.717) is 5.92 Å². The monoisotopic (exact) mass is 214 g/mol. The average Bonchev–Trinajstić information content (AvgIpc) is 2.07. The predicted molar refractivity (Wildman–Crippen MR) is 65.0 cm³/mol. The molecule has 0 bridgehead atoms. The lowest BCUT2D eigenvalue weighted by atomic mass is 10.0. The van der Waals surface area contributed by atoms with Crippen LogP contribution in [0.2, 0.25) is 5.02 Å². The van der Waals surface area contributed by atoms with Crippen LogP contribution in [0.3, 0.4) is 0 Å². The molecular formula is C11H15ClS. The van der Waals surface area contributed by atoms with Crippen LogP contribution in [0.15, 0.2) is 18.2 Å². The molecule has 0 amide bonds. The van der Waals surface area contributed by atoms with Gasteiger partial charge in [-0.2, -0.15) is 0 Å². The number of rotatable bonds is 1. The standard InChI is InChI=1S/C10H13Cl.CH2S/c1-7(2)9-5-4-8(3)6-10(9)11;1-2/h4-7H,1-3H3;1H2. The van der Waals surface area contributed by atoms with E-state index >= 15 is 0 Å². The maximum atomic E-state index is 6.02. The van der Waals surface area contributed by atoms with Crippen molar-refractivity contribution in [2.75, 3.05) is 0 Å². The van der Waals surface area contributed by atoms with Crippen LogP contribution >= 0.6 is 23.8 Å². The summed E-state index contributed by atoms with van der Waals surface area (Å²) in [7, 11) is 0. The van der Waals surface area contributed by atoms with E-state index in [-0.39, 0.29) is 0 Å². The van der Waals surface area contributed by atoms with E-state index in [9.17, 15) is 0 Å². The molecule has 0 saturated heterocycles. The zero-order valence-corrected chi connectivity index (χ0v) is 9.88. The lowest BCUT2D eigenvalue weighted by molar-refractivity contribution is 0.866. The van der Waals surface area contributed by atoms with Gasteiger partial charge >= 0.3 is 0 Å². The Kier molecular flexibility index (Phi) is 5.93. The van der Waals surface area contributed by atoms with Crippen LogP contribution in [-0.2, 0) is 0 Å². The van der Waals surface area contributed by atoms with Gasteiger partial charge in [0.25, 0.3) is 0 Å². The number of hydrogen-bond donors (Lipinski definition) is 0. The lowest BCUT2D eigenvalue weighted by Gasteiger charge is -2.07. The molecule has 0 N–H and O–H groups in total. The summed E-state index contributed by atoms with van der Waals surface area (Å²) >= 11 is 9.86. The van der Waals surface area contributed by atoms with E-state index in [1.165, 1.54) is 11.1 Å². The molecule has 0 saturated carbocycles. The molecule has 0 radical (unpaired) electrons. The molecule has 0 heterocycles. The van der Waals surface area contributed by atoms with E-state index in [2.05, 4.69) is 51.0 Å². The first-order valence-corrected chi connectivity index (χ1v) is 5.11. The Hall–Kier alpha value is -0.400. The van der Waals surface area contributed by atoms with Crippen molar-refractivity contribution in [3.05, 3.63) is 34.3 Å². The van der Waals surface area contributed by atoms with Gasteiger partial charge in [0.2, 0.25) is 0 Å². The molecule has 13 heavy (non-hydrogen) atoms. The summed E-state index contributed by atoms with van der Waals surface area (Å²) in [6, 6.07) is 6.21. The van der Waals surface area contributed by atoms with Crippen molar-refractivity contribution in [3.63, 3.8) is 0 Å². The van der Waals surface area contributed by atoms with Gasteiger partial charge in [-0.1, -0.05) is 49.8 Å². The summed E-state index contributed by atoms with van der Waals surface area (Å²) in [4.78, 5) is 0. The maximum absolute atomic E-state index is 6.02. The van der Waals surface area contributed by atoms with Crippen LogP contribution in [0.4, 0.5) is 0 Å². The Bertz CT molecular complexity index is 269. The number of thiocarbonyl (C=S) groups is 1. The van der Waals surface area contributed by atoms with Crippen LogP contribution in [0.25, 0.3) is 0 Å². The summed E-state index contributed by atoms with van der Waals surface area (Å²) in [6.45, 7) is 6.35. The second-order valence-electron chi connectivity index (χ2n) is 3.18. The third kappa shape index (κ3) is 3.88. The van der Waals surface area contributed by atoms with E-state index < -0.39 is 0 Å². The topological polar surface area (TPSA) is 0 Å². The molecule has 0 aromatic heterocycles. The summed E-state index contributed by atoms with van der Waals surface area (Å²) in [5.41, 5.74) is 2.46. The molecule has 1 rings (SSSR count). The smallest absolute Gasteiger partial charge is 0.0443 e. The fourth-order valence-corrected chi connectivity index (χ4v) is 1.55. The quantitative estimate of drug-likeness (QED) is 0.625. The van der Waals surface area contributed by atoms with Gasteiger partial charge in [0.1, 0.15) is 0 Å². The van der Waals surface area contributed by atoms with Crippen LogP contribution in [-0.4, -0.2) is 5.87 Å². The van der Waals surface area contributed by atoms with Gasteiger partial charge in [0.05, 0.1) is 0 Å². The number of benzene rings is 1. The summed E-state index contributed by atoms with van der Waals surface area (Å²) < 4.78 is 0. The average molecular weight is 215 g/mol. The van der Waals surface area contributed by atoms with Crippen molar-refractivity contribution < 1.29 is 0 Å². The molecular weight excluding hydrogens is 200 g/mol. The lowest BCUT2D eigenvalue weighted by Crippen LogP contribution is -1.88. The van der Waals surface area contributed by atoms with E-state index in [0.717, 1.165) is 5.02 Å². The van der Waals surface area contributed by atoms with Gasteiger partial charge in [-0.05, 0) is 35.9 Å². The van der Waals surface area contributed by atoms with E-state index in [4.69, 9.17) is 11.6 Å². The Balaban J connectivity index is 0.000000671. The molecule has 0 fully saturated rings. The number of halogens is 1. The zero-order valence-electron chi connectivity index (χ0n) is 8.30. The fraction of sp³-hybridized carbons (Fsp3) is 0.364. The highest BCUT2D eigenvalue weighted by molar-refractivity contribution is 7.77. The minimum Gasteiger partial charge on any atom is -0.0973 e. The van der Waals surface area contributed by atoms with Crippen LogP contribution in [0, 0.1) is 6.92 Å². The van der Waals surface area contributed by atoms with Crippen molar-refractivity contribution in [2.45, 2.75) is 26.7 Å². The molecule has 1 aromatic carbocycles. The second kappa shape index (κ2) is 6.11. The predicted octanol–water partition coefficient (Wildman–Crippen LogP) is 4.39. The van der Waals surface area contributed by atoms with E-state index in [1.807, 2.05) is 6.07 Å². The molecule has 0 aliphatic carbocycles. The van der Waals surface area contributed by atoms with Gasteiger partial charge < -0.3 is 0 Å². The summed E-state index contributed by atoms with van der Waals surface area (Å²) in [6.07, 6.45) is 0. The Morgan fingerprint density at radius 1 is 1.31 bits per heavy atom. The Labute approximate surface area is 90.9 Å². The number of hydrogen-bond acceptors (Lipinski definition) is 1. The van der Waals surface area contributed by atoms with Gasteiger partial charge in [0, 0.05) is 5.02 Å². The molecule has 2 heteroatoms. The van der Waals surface area contributed by atoms with Crippen molar-refractivity contribution in [3.8, 4) is 0 Å². The Morgan fingerprint density at radius 3 is 2.23 bits per heavy atom. The molecule has 72 valence electrons. The third-order valence-corrected chi connectivity index (χ3v) is 2.11. The van der Waals surface area contributed by atoms with Gasteiger partial charge in [0.15, 0.2) is 0 Å². The number of aryl methyl sites for hydroxylation is 1. The van der Waals surface area contributed by atoms with Crippen molar-refractivity contribution in [1.82, 2.24) is 0 Å². The highest BCUT2D eigenvalue weighted by Crippen LogP contribution is 2.24. The van der Waals surface area contributed by atoms with Gasteiger partial charge in [-0.3, -0.25) is 0 Å². The fourth-order valence-electron chi connectivity index (χ4n) is 1.10.